The fourth-order valence-electron chi connectivity index (χ4n) is 6.87. The van der Waals surface area contributed by atoms with Gasteiger partial charge < -0.3 is 19.3 Å². The molecule has 6 nitrogen and oxygen atoms in total. The maximum atomic E-state index is 12.5. The molecule has 0 aliphatic heterocycles. The van der Waals surface area contributed by atoms with E-state index in [9.17, 15) is 9.59 Å². The molecule has 2 aromatic rings. The molecule has 2 aromatic carbocycles. The van der Waals surface area contributed by atoms with E-state index in [1.165, 1.54) is 57.8 Å². The number of carbonyl (C=O) groups excluding carboxylic acids is 2. The van der Waals surface area contributed by atoms with Gasteiger partial charge in [-0.25, -0.2) is 9.59 Å². The Bertz CT molecular complexity index is 1260. The summed E-state index contributed by atoms with van der Waals surface area (Å²) in [6.45, 7) is 11.0. The molecule has 0 unspecified atom stereocenters. The van der Waals surface area contributed by atoms with Crippen LogP contribution in [0.4, 0.5) is 0 Å². The number of unbranched alkanes of at least 4 members (excludes halogenated alkanes) is 1. The van der Waals surface area contributed by atoms with Gasteiger partial charge in [0.15, 0.2) is 0 Å². The predicted octanol–water partition coefficient (Wildman–Crippen LogP) is 8.58. The van der Waals surface area contributed by atoms with Crippen molar-refractivity contribution in [1.82, 2.24) is 0 Å². The Morgan fingerprint density at radius 1 is 0.841 bits per heavy atom. The average molecular weight is 603 g/mol. The third-order valence-corrected chi connectivity index (χ3v) is 9.55. The fraction of sp³-hybridized carbons (Fsp3) is 0.526. The SMILES string of the molecule is C=C(C)C(=O)Oc1ccc(-c2ccc(OCCOC(=O)C(=C)CO)cc2)cc1C1CCC(C2CCC(CCCC)CC2)CC1. The summed E-state index contributed by atoms with van der Waals surface area (Å²) in [5, 5.41) is 8.96. The monoisotopic (exact) mass is 602 g/mol. The number of hydrogen-bond acceptors (Lipinski definition) is 6. The summed E-state index contributed by atoms with van der Waals surface area (Å²) >= 11 is 0. The van der Waals surface area contributed by atoms with Crippen LogP contribution >= 0.6 is 0 Å². The molecule has 1 N–H and O–H groups in total. The van der Waals surface area contributed by atoms with Gasteiger partial charge in [0.25, 0.3) is 0 Å². The molecule has 0 radical (unpaired) electrons. The first-order chi connectivity index (χ1) is 21.3. The number of hydrogen-bond donors (Lipinski definition) is 1. The summed E-state index contributed by atoms with van der Waals surface area (Å²) in [7, 11) is 0. The van der Waals surface area contributed by atoms with Crippen LogP contribution in [0.3, 0.4) is 0 Å². The molecule has 0 spiro atoms. The minimum Gasteiger partial charge on any atom is -0.490 e. The van der Waals surface area contributed by atoms with Crippen molar-refractivity contribution in [3.05, 3.63) is 72.3 Å². The maximum absolute atomic E-state index is 12.5. The van der Waals surface area contributed by atoms with Gasteiger partial charge in [0, 0.05) is 5.57 Å². The van der Waals surface area contributed by atoms with E-state index in [0.29, 0.717) is 23.0 Å². The molecule has 2 aliphatic carbocycles. The van der Waals surface area contributed by atoms with E-state index in [1.807, 2.05) is 36.4 Å². The van der Waals surface area contributed by atoms with Crippen LogP contribution in [0.25, 0.3) is 11.1 Å². The molecule has 0 bridgehead atoms. The summed E-state index contributed by atoms with van der Waals surface area (Å²) in [6, 6.07) is 13.9. The summed E-state index contributed by atoms with van der Waals surface area (Å²) in [4.78, 5) is 24.1. The van der Waals surface area contributed by atoms with E-state index in [2.05, 4.69) is 26.1 Å². The van der Waals surface area contributed by atoms with Crippen LogP contribution < -0.4 is 9.47 Å². The van der Waals surface area contributed by atoms with E-state index < -0.39 is 12.6 Å². The first-order valence-electron chi connectivity index (χ1n) is 16.5. The molecule has 0 amide bonds. The lowest BCUT2D eigenvalue weighted by Crippen LogP contribution is -2.25. The predicted molar refractivity (Wildman–Crippen MR) is 175 cm³/mol. The Balaban J connectivity index is 1.39. The molecule has 2 aliphatic rings. The van der Waals surface area contributed by atoms with Gasteiger partial charge >= 0.3 is 11.9 Å². The van der Waals surface area contributed by atoms with Crippen LogP contribution in [0.1, 0.15) is 96.0 Å². The maximum Gasteiger partial charge on any atom is 0.338 e. The third kappa shape index (κ3) is 9.31. The normalized spacial score (nSPS) is 21.7. The molecule has 0 saturated heterocycles. The number of carbonyl (C=O) groups is 2. The Labute approximate surface area is 263 Å². The molecule has 6 heteroatoms. The van der Waals surface area contributed by atoms with Crippen molar-refractivity contribution in [1.29, 1.82) is 0 Å². The largest absolute Gasteiger partial charge is 0.490 e. The standard InChI is InChI=1S/C38H50O6/c1-5-6-7-28-8-10-29(11-9-28)30-12-14-32(15-13-30)35-24-33(18-21-36(35)44-37(40)26(2)3)31-16-19-34(20-17-31)42-22-23-43-38(41)27(4)25-39/h16-21,24,28-30,32,39H,2,4-15,22-23,25H2,1,3H3. The molecule has 4 rings (SSSR count). The van der Waals surface area contributed by atoms with Crippen LogP contribution in [-0.4, -0.2) is 36.9 Å². The van der Waals surface area contributed by atoms with Gasteiger partial charge in [-0.3, -0.25) is 0 Å². The van der Waals surface area contributed by atoms with Crippen LogP contribution in [-0.2, 0) is 14.3 Å². The highest BCUT2D eigenvalue weighted by molar-refractivity contribution is 5.89. The number of rotatable bonds is 14. The minimum atomic E-state index is -0.627. The lowest BCUT2D eigenvalue weighted by atomic mass is 9.68. The van der Waals surface area contributed by atoms with E-state index in [1.54, 1.807) is 6.92 Å². The van der Waals surface area contributed by atoms with Crippen molar-refractivity contribution >= 4 is 11.9 Å². The van der Waals surface area contributed by atoms with Crippen LogP contribution in [0.5, 0.6) is 11.5 Å². The Morgan fingerprint density at radius 2 is 1.48 bits per heavy atom. The molecular formula is C38H50O6. The summed E-state index contributed by atoms with van der Waals surface area (Å²) < 4.78 is 16.6. The molecule has 0 atom stereocenters. The van der Waals surface area contributed by atoms with Gasteiger partial charge in [-0.15, -0.1) is 0 Å². The highest BCUT2D eigenvalue weighted by Gasteiger charge is 2.32. The average Bonchev–Trinajstić information content (AvgIpc) is 3.06. The van der Waals surface area contributed by atoms with Gasteiger partial charge in [0.05, 0.1) is 12.2 Å². The van der Waals surface area contributed by atoms with Crippen LogP contribution in [0.2, 0.25) is 0 Å². The van der Waals surface area contributed by atoms with Crippen molar-refractivity contribution in [3.63, 3.8) is 0 Å². The third-order valence-electron chi connectivity index (χ3n) is 9.55. The van der Waals surface area contributed by atoms with Gasteiger partial charge in [-0.05, 0) is 110 Å². The zero-order valence-corrected chi connectivity index (χ0v) is 26.7. The second kappa shape index (κ2) is 16.6. The summed E-state index contributed by atoms with van der Waals surface area (Å²) in [5.74, 6) is 3.27. The van der Waals surface area contributed by atoms with Crippen molar-refractivity contribution < 1.29 is 28.9 Å². The first-order valence-corrected chi connectivity index (χ1v) is 16.5. The number of aliphatic hydroxyl groups is 1. The fourth-order valence-corrected chi connectivity index (χ4v) is 6.87. The van der Waals surface area contributed by atoms with Gasteiger partial charge in [-0.2, -0.15) is 0 Å². The van der Waals surface area contributed by atoms with Gasteiger partial charge in [0.1, 0.15) is 24.7 Å². The second-order valence-electron chi connectivity index (χ2n) is 12.7. The van der Waals surface area contributed by atoms with E-state index >= 15 is 0 Å². The zero-order chi connectivity index (χ0) is 31.5. The second-order valence-corrected chi connectivity index (χ2v) is 12.7. The van der Waals surface area contributed by atoms with Gasteiger partial charge in [0.2, 0.25) is 0 Å². The molecule has 0 aromatic heterocycles. The number of esters is 2. The van der Waals surface area contributed by atoms with E-state index in [4.69, 9.17) is 19.3 Å². The molecule has 2 fully saturated rings. The lowest BCUT2D eigenvalue weighted by molar-refractivity contribution is -0.140. The van der Waals surface area contributed by atoms with E-state index in [-0.39, 0.29) is 24.8 Å². The highest BCUT2D eigenvalue weighted by Crippen LogP contribution is 2.46. The molecule has 238 valence electrons. The Morgan fingerprint density at radius 3 is 2.09 bits per heavy atom. The summed E-state index contributed by atoms with van der Waals surface area (Å²) in [5.41, 5.74) is 3.61. The highest BCUT2D eigenvalue weighted by atomic mass is 16.6. The number of aliphatic hydroxyl groups excluding tert-OH is 1. The smallest absolute Gasteiger partial charge is 0.338 e. The summed E-state index contributed by atoms with van der Waals surface area (Å²) in [6.07, 6.45) is 14.4. The van der Waals surface area contributed by atoms with E-state index in [0.717, 1.165) is 47.3 Å². The first kappa shape index (κ1) is 33.5. The topological polar surface area (TPSA) is 82.1 Å². The quantitative estimate of drug-likeness (QED) is 0.101. The van der Waals surface area contributed by atoms with Crippen molar-refractivity contribution in [2.24, 2.45) is 17.8 Å². The molecule has 2 saturated carbocycles. The van der Waals surface area contributed by atoms with Gasteiger partial charge in [-0.1, -0.05) is 70.4 Å². The Kier molecular flexibility index (Phi) is 12.7. The number of ether oxygens (including phenoxy) is 3. The minimum absolute atomic E-state index is 0.0160. The van der Waals surface area contributed by atoms with Crippen molar-refractivity contribution in [2.45, 2.75) is 90.4 Å². The molecular weight excluding hydrogens is 552 g/mol. The van der Waals surface area contributed by atoms with Crippen molar-refractivity contribution in [3.8, 4) is 22.6 Å². The van der Waals surface area contributed by atoms with Crippen molar-refractivity contribution in [2.75, 3.05) is 19.8 Å². The zero-order valence-electron chi connectivity index (χ0n) is 26.7. The van der Waals surface area contributed by atoms with Crippen LogP contribution in [0, 0.1) is 17.8 Å². The lowest BCUT2D eigenvalue weighted by Gasteiger charge is -2.38. The van der Waals surface area contributed by atoms with Crippen LogP contribution in [0.15, 0.2) is 66.8 Å². The number of benzene rings is 2. The Hall–Kier alpha value is -3.38. The molecule has 44 heavy (non-hydrogen) atoms. The molecule has 0 heterocycles.